The zero-order chi connectivity index (χ0) is 14.6. The molecule has 0 aromatic carbocycles. The van der Waals surface area contributed by atoms with Crippen LogP contribution in [-0.4, -0.2) is 46.4 Å². The first-order valence-corrected chi connectivity index (χ1v) is 5.04. The highest BCUT2D eigenvalue weighted by Crippen LogP contribution is 2.29. The quantitative estimate of drug-likeness (QED) is 0.419. The first kappa shape index (κ1) is 14.8. The van der Waals surface area contributed by atoms with Crippen LogP contribution >= 0.6 is 0 Å². The normalized spacial score (nSPS) is 13.5. The van der Waals surface area contributed by atoms with Crippen LogP contribution in [0.25, 0.3) is 0 Å². The maximum atomic E-state index is 11.1. The van der Waals surface area contributed by atoms with Crippen LogP contribution in [0.3, 0.4) is 0 Å². The van der Waals surface area contributed by atoms with Gasteiger partial charge in [0.05, 0.1) is 24.7 Å². The van der Waals surface area contributed by atoms with Crippen molar-refractivity contribution in [3.05, 3.63) is 27.9 Å². The lowest BCUT2D eigenvalue weighted by atomic mass is 10.1. The molecule has 0 aliphatic rings. The van der Waals surface area contributed by atoms with Gasteiger partial charge in [0.2, 0.25) is 5.88 Å². The van der Waals surface area contributed by atoms with E-state index < -0.39 is 28.8 Å². The van der Waals surface area contributed by atoms with Crippen molar-refractivity contribution in [2.75, 3.05) is 14.2 Å². The van der Waals surface area contributed by atoms with E-state index in [1.54, 1.807) is 0 Å². The van der Waals surface area contributed by atoms with Gasteiger partial charge in [-0.1, -0.05) is 0 Å². The Morgan fingerprint density at radius 3 is 2.58 bits per heavy atom. The summed E-state index contributed by atoms with van der Waals surface area (Å²) in [6.07, 6.45) is -2.72. The molecule has 19 heavy (non-hydrogen) atoms. The highest BCUT2D eigenvalue weighted by molar-refractivity contribution is 5.75. The number of rotatable bonds is 5. The fraction of sp³-hybridized carbons (Fsp3) is 0.400. The molecule has 0 fully saturated rings. The van der Waals surface area contributed by atoms with Crippen molar-refractivity contribution < 1.29 is 29.4 Å². The highest BCUT2D eigenvalue weighted by Gasteiger charge is 2.30. The maximum absolute atomic E-state index is 11.1. The fourth-order valence-corrected chi connectivity index (χ4v) is 1.36. The minimum Gasteiger partial charge on any atom is -0.481 e. The highest BCUT2D eigenvalue weighted by atomic mass is 16.6. The van der Waals surface area contributed by atoms with E-state index in [-0.39, 0.29) is 11.4 Å². The van der Waals surface area contributed by atoms with E-state index in [1.807, 2.05) is 0 Å². The Hall–Kier alpha value is -2.26. The number of aliphatic hydroxyl groups is 2. The summed E-state index contributed by atoms with van der Waals surface area (Å²) in [7, 11) is 2.26. The number of nitro groups is 1. The van der Waals surface area contributed by atoms with Crippen molar-refractivity contribution in [2.24, 2.45) is 0 Å². The van der Waals surface area contributed by atoms with Crippen LogP contribution in [-0.2, 0) is 9.53 Å². The Labute approximate surface area is 107 Å². The molecular weight excluding hydrogens is 260 g/mol. The van der Waals surface area contributed by atoms with Gasteiger partial charge >= 0.3 is 5.97 Å². The van der Waals surface area contributed by atoms with Gasteiger partial charge in [-0.25, -0.2) is 9.78 Å². The summed E-state index contributed by atoms with van der Waals surface area (Å²) in [5.41, 5.74) is -0.596. The Morgan fingerprint density at radius 2 is 2.11 bits per heavy atom. The summed E-state index contributed by atoms with van der Waals surface area (Å²) in [6, 6.07) is 0.961. The molecule has 1 rings (SSSR count). The van der Waals surface area contributed by atoms with Crippen molar-refractivity contribution in [3.8, 4) is 5.88 Å². The zero-order valence-corrected chi connectivity index (χ0v) is 10.1. The average Bonchev–Trinajstić information content (AvgIpc) is 2.43. The fourth-order valence-electron chi connectivity index (χ4n) is 1.36. The minimum absolute atomic E-state index is 0.138. The topological polar surface area (TPSA) is 132 Å². The first-order valence-electron chi connectivity index (χ1n) is 5.04. The van der Waals surface area contributed by atoms with E-state index in [2.05, 4.69) is 9.72 Å². The molecule has 0 saturated heterocycles. The van der Waals surface area contributed by atoms with Gasteiger partial charge in [-0.2, -0.15) is 0 Å². The van der Waals surface area contributed by atoms with Crippen molar-refractivity contribution in [2.45, 2.75) is 12.2 Å². The Kier molecular flexibility index (Phi) is 4.73. The summed E-state index contributed by atoms with van der Waals surface area (Å²) in [5.74, 6) is -1.22. The largest absolute Gasteiger partial charge is 0.481 e. The molecule has 0 aliphatic heterocycles. The van der Waals surface area contributed by atoms with E-state index >= 15 is 0 Å². The molecule has 2 N–H and O–H groups in total. The smallest absolute Gasteiger partial charge is 0.337 e. The van der Waals surface area contributed by atoms with Gasteiger partial charge in [-0.15, -0.1) is 0 Å². The molecule has 0 spiro atoms. The van der Waals surface area contributed by atoms with E-state index in [4.69, 9.17) is 4.74 Å². The maximum Gasteiger partial charge on any atom is 0.337 e. The molecule has 9 nitrogen and oxygen atoms in total. The molecular formula is C10H12N2O7. The second-order valence-corrected chi connectivity index (χ2v) is 3.46. The zero-order valence-electron chi connectivity index (χ0n) is 10.1. The Bertz CT molecular complexity index is 491. The lowest BCUT2D eigenvalue weighted by Crippen LogP contribution is -2.29. The van der Waals surface area contributed by atoms with E-state index in [9.17, 15) is 25.1 Å². The van der Waals surface area contributed by atoms with Crippen LogP contribution in [0, 0.1) is 10.1 Å². The lowest BCUT2D eigenvalue weighted by Gasteiger charge is -2.17. The third kappa shape index (κ3) is 3.14. The molecule has 104 valence electrons. The number of ether oxygens (including phenoxy) is 2. The minimum atomic E-state index is -1.90. The molecule has 9 heteroatoms. The Balaban J connectivity index is 3.19. The number of hydrogen-bond acceptors (Lipinski definition) is 8. The molecule has 0 bridgehead atoms. The van der Waals surface area contributed by atoms with Gasteiger partial charge in [0, 0.05) is 6.07 Å². The van der Waals surface area contributed by atoms with Crippen molar-refractivity contribution >= 4 is 11.7 Å². The molecule has 0 aliphatic carbocycles. The third-order valence-corrected chi connectivity index (χ3v) is 2.33. The molecule has 1 aromatic rings. The number of pyridine rings is 1. The molecule has 0 amide bonds. The molecule has 1 aromatic heterocycles. The van der Waals surface area contributed by atoms with Gasteiger partial charge in [-0.05, 0) is 0 Å². The SMILES string of the molecule is COC(=O)C(O)C(O)c1cc([N+](=O)[O-])cnc1OC. The van der Waals surface area contributed by atoms with Crippen LogP contribution in [0.5, 0.6) is 5.88 Å². The van der Waals surface area contributed by atoms with E-state index in [0.717, 1.165) is 19.4 Å². The number of esters is 1. The summed E-state index contributed by atoms with van der Waals surface area (Å²) in [6.45, 7) is 0. The second-order valence-electron chi connectivity index (χ2n) is 3.46. The molecule has 0 radical (unpaired) electrons. The summed E-state index contributed by atoms with van der Waals surface area (Å²) in [4.78, 5) is 24.6. The van der Waals surface area contributed by atoms with Gasteiger partial charge in [0.1, 0.15) is 12.3 Å². The number of carbonyl (C=O) groups is 1. The summed E-state index contributed by atoms with van der Waals surface area (Å²) in [5, 5.41) is 30.0. The third-order valence-electron chi connectivity index (χ3n) is 2.33. The molecule has 2 atom stereocenters. The number of nitrogens with zero attached hydrogens (tertiary/aromatic N) is 2. The summed E-state index contributed by atoms with van der Waals surface area (Å²) >= 11 is 0. The van der Waals surface area contributed by atoms with Gasteiger partial charge in [0.25, 0.3) is 5.69 Å². The standard InChI is InChI=1S/C10H12N2O7/c1-18-9-6(3-5(4-11-9)12(16)17)7(13)8(14)10(15)19-2/h3-4,7-8,13-14H,1-2H3. The van der Waals surface area contributed by atoms with Crippen LogP contribution in [0.4, 0.5) is 5.69 Å². The summed E-state index contributed by atoms with van der Waals surface area (Å²) < 4.78 is 9.07. The van der Waals surface area contributed by atoms with Crippen LogP contribution < -0.4 is 4.74 Å². The number of methoxy groups -OCH3 is 2. The predicted octanol–water partition coefficient (Wildman–Crippen LogP) is -0.434. The Morgan fingerprint density at radius 1 is 1.47 bits per heavy atom. The van der Waals surface area contributed by atoms with Gasteiger partial charge in [-0.3, -0.25) is 10.1 Å². The van der Waals surface area contributed by atoms with Crippen molar-refractivity contribution in [1.82, 2.24) is 4.98 Å². The second kappa shape index (κ2) is 6.07. The van der Waals surface area contributed by atoms with Crippen LogP contribution in [0.1, 0.15) is 11.7 Å². The van der Waals surface area contributed by atoms with E-state index in [1.165, 1.54) is 7.11 Å². The van der Waals surface area contributed by atoms with Gasteiger partial charge in [0.15, 0.2) is 6.10 Å². The number of aliphatic hydroxyl groups excluding tert-OH is 2. The average molecular weight is 272 g/mol. The van der Waals surface area contributed by atoms with Crippen LogP contribution in [0.2, 0.25) is 0 Å². The van der Waals surface area contributed by atoms with Gasteiger partial charge < -0.3 is 19.7 Å². The van der Waals surface area contributed by atoms with Crippen molar-refractivity contribution in [1.29, 1.82) is 0 Å². The van der Waals surface area contributed by atoms with E-state index in [0.29, 0.717) is 0 Å². The van der Waals surface area contributed by atoms with Crippen LogP contribution in [0.15, 0.2) is 12.3 Å². The monoisotopic (exact) mass is 272 g/mol. The number of hydrogen-bond donors (Lipinski definition) is 2. The number of aromatic nitrogens is 1. The molecule has 0 saturated carbocycles. The van der Waals surface area contributed by atoms with Crippen molar-refractivity contribution in [3.63, 3.8) is 0 Å². The predicted molar refractivity (Wildman–Crippen MR) is 60.4 cm³/mol. The molecule has 1 heterocycles. The lowest BCUT2D eigenvalue weighted by molar-refractivity contribution is -0.385. The first-order chi connectivity index (χ1) is 8.92. The molecule has 2 unspecified atom stereocenters. The number of carbonyl (C=O) groups excluding carboxylic acids is 1.